The number of hydrogen-bond donors (Lipinski definition) is 0. The van der Waals surface area contributed by atoms with E-state index in [-0.39, 0.29) is 5.82 Å². The van der Waals surface area contributed by atoms with Crippen molar-refractivity contribution in [2.45, 2.75) is 37.4 Å². The summed E-state index contributed by atoms with van der Waals surface area (Å²) in [6, 6.07) is 0. The van der Waals surface area contributed by atoms with Crippen molar-refractivity contribution in [3.63, 3.8) is 0 Å². The molecule has 18 heavy (non-hydrogen) atoms. The number of hydrogen-bond acceptors (Lipinski definition) is 4. The number of aryl methyl sites for hydroxylation is 1. The number of rotatable bonds is 5. The number of halogens is 3. The number of alkyl halides is 3. The maximum Gasteiger partial charge on any atom is 0.250 e. The summed E-state index contributed by atoms with van der Waals surface area (Å²) in [4.78, 5) is 14.7. The van der Waals surface area contributed by atoms with Gasteiger partial charge in [-0.2, -0.15) is 9.97 Å². The van der Waals surface area contributed by atoms with Gasteiger partial charge in [-0.15, -0.1) is 0 Å². The molecule has 0 bridgehead atoms. The third-order valence-electron chi connectivity index (χ3n) is 2.26. The Morgan fingerprint density at radius 3 is 2.00 bits per heavy atom. The zero-order chi connectivity index (χ0) is 13.8. The van der Waals surface area contributed by atoms with Gasteiger partial charge in [0.2, 0.25) is 9.74 Å². The number of aromatic nitrogens is 3. The van der Waals surface area contributed by atoms with Gasteiger partial charge in [-0.1, -0.05) is 48.7 Å². The molecule has 0 saturated heterocycles. The van der Waals surface area contributed by atoms with E-state index in [1.54, 1.807) is 6.92 Å². The zero-order valence-corrected chi connectivity index (χ0v) is 13.0. The molecule has 1 heterocycles. The number of anilines is 1. The van der Waals surface area contributed by atoms with E-state index in [2.05, 4.69) is 33.7 Å². The summed E-state index contributed by atoms with van der Waals surface area (Å²) in [5, 5.41) is 0. The summed E-state index contributed by atoms with van der Waals surface area (Å²) in [6.07, 6.45) is 2.02. The van der Waals surface area contributed by atoms with E-state index in [0.717, 1.165) is 25.9 Å². The predicted molar refractivity (Wildman–Crippen MR) is 76.6 cm³/mol. The second kappa shape index (κ2) is 6.73. The molecule has 0 unspecified atom stereocenters. The van der Waals surface area contributed by atoms with Crippen molar-refractivity contribution in [3.8, 4) is 0 Å². The Morgan fingerprint density at radius 1 is 1.00 bits per heavy atom. The Hall–Kier alpha value is -0.320. The monoisotopic (exact) mass is 310 g/mol. The van der Waals surface area contributed by atoms with Crippen molar-refractivity contribution in [1.82, 2.24) is 15.0 Å². The minimum Gasteiger partial charge on any atom is -0.341 e. The van der Waals surface area contributed by atoms with Crippen LogP contribution >= 0.6 is 34.8 Å². The van der Waals surface area contributed by atoms with E-state index >= 15 is 0 Å². The quantitative estimate of drug-likeness (QED) is 0.779. The molecule has 0 N–H and O–H groups in total. The molecule has 0 fully saturated rings. The largest absolute Gasteiger partial charge is 0.341 e. The van der Waals surface area contributed by atoms with E-state index in [1.807, 2.05) is 0 Å². The molecular weight excluding hydrogens is 295 g/mol. The average Bonchev–Trinajstić information content (AvgIpc) is 2.27. The molecule has 0 aromatic carbocycles. The van der Waals surface area contributed by atoms with Gasteiger partial charge in [-0.25, -0.2) is 4.98 Å². The molecule has 102 valence electrons. The Balaban J connectivity index is 3.10. The maximum atomic E-state index is 5.82. The van der Waals surface area contributed by atoms with Crippen LogP contribution in [0.15, 0.2) is 0 Å². The van der Waals surface area contributed by atoms with Crippen LogP contribution in [0.25, 0.3) is 0 Å². The first-order valence-electron chi connectivity index (χ1n) is 5.93. The maximum absolute atomic E-state index is 5.82. The highest BCUT2D eigenvalue weighted by Gasteiger charge is 2.28. The van der Waals surface area contributed by atoms with Gasteiger partial charge in [0.15, 0.2) is 5.82 Å². The molecule has 1 rings (SSSR count). The van der Waals surface area contributed by atoms with Gasteiger partial charge < -0.3 is 4.90 Å². The second-order valence-corrected chi connectivity index (χ2v) is 6.27. The van der Waals surface area contributed by atoms with Crippen LogP contribution in [0, 0.1) is 6.92 Å². The van der Waals surface area contributed by atoms with Crippen molar-refractivity contribution in [1.29, 1.82) is 0 Å². The highest BCUT2D eigenvalue weighted by atomic mass is 35.6. The minimum absolute atomic E-state index is 0.173. The Kier molecular flexibility index (Phi) is 5.89. The molecule has 0 radical (unpaired) electrons. The van der Waals surface area contributed by atoms with E-state index in [1.165, 1.54) is 0 Å². The fourth-order valence-electron chi connectivity index (χ4n) is 1.59. The molecule has 0 aliphatic rings. The van der Waals surface area contributed by atoms with E-state index in [0.29, 0.717) is 11.8 Å². The first kappa shape index (κ1) is 15.7. The molecule has 7 heteroatoms. The molecule has 0 aliphatic carbocycles. The molecular formula is C11H17Cl3N4. The zero-order valence-electron chi connectivity index (χ0n) is 10.8. The standard InChI is InChI=1S/C11H17Cl3N4/c1-4-6-18(7-5-2)10-16-8(3)15-9(17-10)11(12,13)14/h4-7H2,1-3H3. The lowest BCUT2D eigenvalue weighted by atomic mass is 10.4. The Morgan fingerprint density at radius 2 is 1.56 bits per heavy atom. The molecule has 0 saturated carbocycles. The van der Waals surface area contributed by atoms with Crippen LogP contribution in [0.3, 0.4) is 0 Å². The lowest BCUT2D eigenvalue weighted by Crippen LogP contribution is -2.28. The minimum atomic E-state index is -1.62. The van der Waals surface area contributed by atoms with Crippen LogP contribution < -0.4 is 4.90 Å². The molecule has 4 nitrogen and oxygen atoms in total. The average molecular weight is 312 g/mol. The van der Waals surface area contributed by atoms with Crippen LogP contribution in [0.4, 0.5) is 5.95 Å². The summed E-state index contributed by atoms with van der Waals surface area (Å²) in [7, 11) is 0. The molecule has 0 aliphatic heterocycles. The van der Waals surface area contributed by atoms with Crippen LogP contribution in [0.1, 0.15) is 38.3 Å². The van der Waals surface area contributed by atoms with Crippen molar-refractivity contribution >= 4 is 40.8 Å². The first-order valence-corrected chi connectivity index (χ1v) is 7.06. The molecule has 0 spiro atoms. The van der Waals surface area contributed by atoms with Gasteiger partial charge in [0.1, 0.15) is 5.82 Å². The van der Waals surface area contributed by atoms with Gasteiger partial charge in [-0.3, -0.25) is 0 Å². The number of nitrogens with zero attached hydrogens (tertiary/aromatic N) is 4. The van der Waals surface area contributed by atoms with Crippen molar-refractivity contribution < 1.29 is 0 Å². The second-order valence-electron chi connectivity index (χ2n) is 3.99. The van der Waals surface area contributed by atoms with E-state index in [4.69, 9.17) is 34.8 Å². The van der Waals surface area contributed by atoms with Crippen LogP contribution in [-0.4, -0.2) is 28.0 Å². The fraction of sp³-hybridized carbons (Fsp3) is 0.727. The third-order valence-corrected chi connectivity index (χ3v) is 2.77. The lowest BCUT2D eigenvalue weighted by molar-refractivity contribution is 0.705. The molecule has 0 atom stereocenters. The van der Waals surface area contributed by atoms with E-state index < -0.39 is 3.79 Å². The Labute approximate surface area is 123 Å². The van der Waals surface area contributed by atoms with Gasteiger partial charge >= 0.3 is 0 Å². The summed E-state index contributed by atoms with van der Waals surface area (Å²) in [5.41, 5.74) is 0. The normalized spacial score (nSPS) is 11.7. The highest BCUT2D eigenvalue weighted by Crippen LogP contribution is 2.36. The van der Waals surface area contributed by atoms with Gasteiger partial charge in [0, 0.05) is 13.1 Å². The SMILES string of the molecule is CCCN(CCC)c1nc(C)nc(C(Cl)(Cl)Cl)n1. The van der Waals surface area contributed by atoms with Crippen LogP contribution in [0.5, 0.6) is 0 Å². The van der Waals surface area contributed by atoms with Gasteiger partial charge in [-0.05, 0) is 19.8 Å². The lowest BCUT2D eigenvalue weighted by Gasteiger charge is -2.22. The smallest absolute Gasteiger partial charge is 0.250 e. The van der Waals surface area contributed by atoms with Crippen molar-refractivity contribution in [2.75, 3.05) is 18.0 Å². The Bertz CT molecular complexity index is 386. The predicted octanol–water partition coefficient (Wildman–Crippen LogP) is 3.63. The summed E-state index contributed by atoms with van der Waals surface area (Å²) < 4.78 is -1.62. The van der Waals surface area contributed by atoms with E-state index in [9.17, 15) is 0 Å². The van der Waals surface area contributed by atoms with Gasteiger partial charge in [0.25, 0.3) is 0 Å². The summed E-state index contributed by atoms with van der Waals surface area (Å²) in [5.74, 6) is 1.30. The molecule has 1 aromatic rings. The molecule has 1 aromatic heterocycles. The van der Waals surface area contributed by atoms with Crippen molar-refractivity contribution in [3.05, 3.63) is 11.6 Å². The van der Waals surface area contributed by atoms with Crippen LogP contribution in [-0.2, 0) is 3.79 Å². The van der Waals surface area contributed by atoms with Gasteiger partial charge in [0.05, 0.1) is 0 Å². The first-order chi connectivity index (χ1) is 8.38. The fourth-order valence-corrected chi connectivity index (χ4v) is 1.84. The summed E-state index contributed by atoms with van der Waals surface area (Å²) in [6.45, 7) is 7.72. The third kappa shape index (κ3) is 4.41. The summed E-state index contributed by atoms with van der Waals surface area (Å²) >= 11 is 17.5. The molecule has 0 amide bonds. The topological polar surface area (TPSA) is 41.9 Å². The van der Waals surface area contributed by atoms with Crippen LogP contribution in [0.2, 0.25) is 0 Å². The highest BCUT2D eigenvalue weighted by molar-refractivity contribution is 6.66. The van der Waals surface area contributed by atoms with Crippen molar-refractivity contribution in [2.24, 2.45) is 0 Å².